The smallest absolute Gasteiger partial charge is 0.306 e. The van der Waals surface area contributed by atoms with Crippen LogP contribution >= 0.6 is 0 Å². The third-order valence-corrected chi connectivity index (χ3v) is 6.41. The van der Waals surface area contributed by atoms with Gasteiger partial charge < -0.3 is 20.3 Å². The molecule has 176 valence electrons. The third kappa shape index (κ3) is 4.97. The van der Waals surface area contributed by atoms with Crippen LogP contribution in [0.1, 0.15) is 63.4 Å². The second-order valence-corrected chi connectivity index (χ2v) is 8.60. The minimum Gasteiger partial charge on any atom is -0.481 e. The first kappa shape index (κ1) is 24.2. The summed E-state index contributed by atoms with van der Waals surface area (Å²) >= 11 is 0. The zero-order valence-electron chi connectivity index (χ0n) is 19.1. The summed E-state index contributed by atoms with van der Waals surface area (Å²) < 4.78 is 15.0. The molecule has 2 amide bonds. The molecule has 1 aromatic carbocycles. The van der Waals surface area contributed by atoms with Crippen LogP contribution in [0, 0.1) is 32.5 Å². The van der Waals surface area contributed by atoms with Crippen molar-refractivity contribution >= 4 is 29.3 Å². The van der Waals surface area contributed by atoms with Gasteiger partial charge in [-0.2, -0.15) is 0 Å². The van der Waals surface area contributed by atoms with Crippen molar-refractivity contribution in [3.63, 3.8) is 0 Å². The van der Waals surface area contributed by atoms with Crippen LogP contribution in [0.5, 0.6) is 0 Å². The molecule has 1 aliphatic rings. The number of halogens is 1. The van der Waals surface area contributed by atoms with E-state index in [-0.39, 0.29) is 23.1 Å². The molecule has 2 aromatic rings. The molecular formula is C24H28FN3O5. The lowest BCUT2D eigenvalue weighted by Crippen LogP contribution is -2.42. The van der Waals surface area contributed by atoms with Gasteiger partial charge in [0.15, 0.2) is 0 Å². The van der Waals surface area contributed by atoms with Crippen LogP contribution in [0.3, 0.4) is 0 Å². The van der Waals surface area contributed by atoms with E-state index in [0.717, 1.165) is 0 Å². The van der Waals surface area contributed by atoms with Crippen LogP contribution in [0.25, 0.3) is 0 Å². The number of carboxylic acid groups (broad SMARTS) is 1. The van der Waals surface area contributed by atoms with Gasteiger partial charge in [-0.25, -0.2) is 4.39 Å². The van der Waals surface area contributed by atoms with E-state index in [9.17, 15) is 23.6 Å². The van der Waals surface area contributed by atoms with Gasteiger partial charge in [-0.15, -0.1) is 0 Å². The highest BCUT2D eigenvalue weighted by molar-refractivity contribution is 6.43. The molecule has 0 aliphatic heterocycles. The van der Waals surface area contributed by atoms with Crippen molar-refractivity contribution in [1.82, 2.24) is 9.88 Å². The zero-order chi connectivity index (χ0) is 24.4. The van der Waals surface area contributed by atoms with E-state index in [4.69, 9.17) is 5.11 Å². The van der Waals surface area contributed by atoms with Gasteiger partial charge in [-0.3, -0.25) is 19.2 Å². The number of ketones is 1. The van der Waals surface area contributed by atoms with Gasteiger partial charge in [0.05, 0.1) is 17.2 Å². The zero-order valence-corrected chi connectivity index (χ0v) is 19.1. The molecule has 1 aliphatic carbocycles. The Morgan fingerprint density at radius 1 is 1.06 bits per heavy atom. The Kier molecular flexibility index (Phi) is 7.00. The highest BCUT2D eigenvalue weighted by Gasteiger charge is 2.31. The van der Waals surface area contributed by atoms with Crippen LogP contribution in [-0.2, 0) is 16.6 Å². The van der Waals surface area contributed by atoms with Crippen molar-refractivity contribution in [3.05, 3.63) is 52.1 Å². The summed E-state index contributed by atoms with van der Waals surface area (Å²) in [5, 5.41) is 14.5. The van der Waals surface area contributed by atoms with E-state index in [2.05, 4.69) is 10.6 Å². The van der Waals surface area contributed by atoms with Crippen LogP contribution in [-0.4, -0.2) is 39.3 Å². The average molecular weight is 458 g/mol. The number of aryl methyl sites for hydroxylation is 1. The number of nitrogens with zero attached hydrogens (tertiary/aromatic N) is 1. The maximum atomic E-state index is 13.5. The molecule has 1 saturated carbocycles. The van der Waals surface area contributed by atoms with Gasteiger partial charge in [-0.05, 0) is 75.8 Å². The maximum absolute atomic E-state index is 13.5. The Morgan fingerprint density at radius 3 is 2.27 bits per heavy atom. The van der Waals surface area contributed by atoms with E-state index in [0.29, 0.717) is 48.2 Å². The summed E-state index contributed by atoms with van der Waals surface area (Å²) in [6, 6.07) is 3.97. The Hall–Kier alpha value is -3.49. The molecule has 3 N–H and O–H groups in total. The van der Waals surface area contributed by atoms with Gasteiger partial charge in [0.25, 0.3) is 17.6 Å². The highest BCUT2D eigenvalue weighted by Crippen LogP contribution is 2.26. The SMILES string of the molecule is Cc1cc(NC(=O)c2c(C)c(C(=O)C(=O)NC3CCC(C(=O)O)CC3)n(C)c2C)ccc1F. The molecule has 9 heteroatoms. The van der Waals surface area contributed by atoms with E-state index in [1.807, 2.05) is 0 Å². The van der Waals surface area contributed by atoms with Crippen molar-refractivity contribution in [3.8, 4) is 0 Å². The van der Waals surface area contributed by atoms with Crippen molar-refractivity contribution in [2.75, 3.05) is 5.32 Å². The predicted octanol–water partition coefficient (Wildman–Crippen LogP) is 3.28. The van der Waals surface area contributed by atoms with Gasteiger partial charge in [0, 0.05) is 24.5 Å². The Bertz CT molecular complexity index is 1130. The molecule has 33 heavy (non-hydrogen) atoms. The molecule has 3 rings (SSSR count). The monoisotopic (exact) mass is 457 g/mol. The predicted molar refractivity (Wildman–Crippen MR) is 120 cm³/mol. The fourth-order valence-corrected chi connectivity index (χ4v) is 4.39. The normalized spacial score (nSPS) is 18.0. The summed E-state index contributed by atoms with van der Waals surface area (Å²) in [5.41, 5.74) is 2.09. The summed E-state index contributed by atoms with van der Waals surface area (Å²) in [5.74, 6) is -3.63. The summed E-state index contributed by atoms with van der Waals surface area (Å²) in [4.78, 5) is 49.6. The minimum absolute atomic E-state index is 0.115. The number of carbonyl (C=O) groups excluding carboxylic acids is 3. The Morgan fingerprint density at radius 2 is 1.70 bits per heavy atom. The first-order chi connectivity index (χ1) is 15.5. The van der Waals surface area contributed by atoms with Crippen LogP contribution in [0.2, 0.25) is 0 Å². The molecule has 0 saturated heterocycles. The van der Waals surface area contributed by atoms with Gasteiger partial charge in [0.2, 0.25) is 0 Å². The molecule has 1 aromatic heterocycles. The van der Waals surface area contributed by atoms with Crippen LogP contribution in [0.4, 0.5) is 10.1 Å². The number of aliphatic carboxylic acids is 1. The number of Topliss-reactive ketones (excluding diaryl/α,β-unsaturated/α-hetero) is 1. The molecular weight excluding hydrogens is 429 g/mol. The third-order valence-electron chi connectivity index (χ3n) is 6.41. The lowest BCUT2D eigenvalue weighted by Gasteiger charge is -2.26. The van der Waals surface area contributed by atoms with E-state index in [1.165, 1.54) is 22.8 Å². The minimum atomic E-state index is -0.840. The van der Waals surface area contributed by atoms with Crippen molar-refractivity contribution in [1.29, 1.82) is 0 Å². The number of rotatable bonds is 6. The number of nitrogens with one attached hydrogen (secondary N) is 2. The molecule has 0 unspecified atom stereocenters. The molecule has 0 bridgehead atoms. The second-order valence-electron chi connectivity index (χ2n) is 8.60. The molecule has 1 heterocycles. The number of hydrogen-bond donors (Lipinski definition) is 3. The number of aromatic nitrogens is 1. The molecule has 0 radical (unpaired) electrons. The number of anilines is 1. The molecule has 8 nitrogen and oxygen atoms in total. The number of amides is 2. The number of carboxylic acids is 1. The Labute approximate surface area is 191 Å². The summed E-state index contributed by atoms with van der Waals surface area (Å²) in [7, 11) is 1.61. The topological polar surface area (TPSA) is 118 Å². The first-order valence-electron chi connectivity index (χ1n) is 10.8. The number of benzene rings is 1. The molecule has 0 spiro atoms. The lowest BCUT2D eigenvalue weighted by atomic mass is 9.86. The molecule has 0 atom stereocenters. The first-order valence-corrected chi connectivity index (χ1v) is 10.8. The number of carbonyl (C=O) groups is 4. The van der Waals surface area contributed by atoms with Crippen molar-refractivity contribution in [2.45, 2.75) is 52.5 Å². The van der Waals surface area contributed by atoms with Crippen LogP contribution in [0.15, 0.2) is 18.2 Å². The summed E-state index contributed by atoms with van der Waals surface area (Å²) in [6.07, 6.45) is 1.88. The maximum Gasteiger partial charge on any atom is 0.306 e. The Balaban J connectivity index is 1.76. The highest BCUT2D eigenvalue weighted by atomic mass is 19.1. The van der Waals surface area contributed by atoms with E-state index >= 15 is 0 Å². The average Bonchev–Trinajstić information content (AvgIpc) is 2.98. The largest absolute Gasteiger partial charge is 0.481 e. The summed E-state index contributed by atoms with van der Waals surface area (Å²) in [6.45, 7) is 4.88. The standard InChI is InChI=1S/C24H28FN3O5/c1-12-11-17(9-10-18(12)25)27-22(30)19-13(2)20(28(4)14(19)3)21(29)23(31)26-16-7-5-15(6-8-16)24(32)33/h9-11,15-16H,5-8H2,1-4H3,(H,26,31)(H,27,30)(H,32,33). The lowest BCUT2D eigenvalue weighted by molar-refractivity contribution is -0.142. The fraction of sp³-hybridized carbons (Fsp3) is 0.417. The fourth-order valence-electron chi connectivity index (χ4n) is 4.39. The van der Waals surface area contributed by atoms with Crippen molar-refractivity contribution < 1.29 is 28.7 Å². The van der Waals surface area contributed by atoms with Crippen molar-refractivity contribution in [2.24, 2.45) is 13.0 Å². The van der Waals surface area contributed by atoms with E-state index < -0.39 is 29.5 Å². The van der Waals surface area contributed by atoms with Gasteiger partial charge >= 0.3 is 5.97 Å². The van der Waals surface area contributed by atoms with Gasteiger partial charge in [0.1, 0.15) is 5.82 Å². The quantitative estimate of drug-likeness (QED) is 0.455. The second kappa shape index (κ2) is 9.56. The molecule has 1 fully saturated rings. The van der Waals surface area contributed by atoms with Gasteiger partial charge in [-0.1, -0.05) is 0 Å². The van der Waals surface area contributed by atoms with E-state index in [1.54, 1.807) is 27.8 Å². The number of hydrogen-bond acceptors (Lipinski definition) is 4. The van der Waals surface area contributed by atoms with Crippen LogP contribution < -0.4 is 10.6 Å².